The number of hydrogen-bond donors (Lipinski definition) is 2. The van der Waals surface area contributed by atoms with Gasteiger partial charge in [0.15, 0.2) is 11.6 Å². The summed E-state index contributed by atoms with van der Waals surface area (Å²) in [5.74, 6) is -3.20. The number of aliphatic carboxylic acids is 1. The predicted octanol–water partition coefficient (Wildman–Crippen LogP) is -0.777. The van der Waals surface area contributed by atoms with Gasteiger partial charge in [-0.2, -0.15) is 0 Å². The summed E-state index contributed by atoms with van der Waals surface area (Å²) < 4.78 is 0.250. The molecule has 0 aliphatic heterocycles. The van der Waals surface area contributed by atoms with E-state index in [9.17, 15) is 24.6 Å². The van der Waals surface area contributed by atoms with Gasteiger partial charge in [-0.15, -0.1) is 0 Å². The van der Waals surface area contributed by atoms with E-state index in [2.05, 4.69) is 0 Å². The average molecular weight is 256 g/mol. The van der Waals surface area contributed by atoms with Gasteiger partial charge in [0.2, 0.25) is 5.41 Å². The molecule has 6 heteroatoms. The van der Waals surface area contributed by atoms with Crippen molar-refractivity contribution in [2.24, 2.45) is 5.41 Å². The Morgan fingerprint density at radius 3 is 2.39 bits per heavy atom. The minimum atomic E-state index is -2.35. The van der Waals surface area contributed by atoms with E-state index in [0.29, 0.717) is 0 Å². The van der Waals surface area contributed by atoms with E-state index in [1.807, 2.05) is 0 Å². The summed E-state index contributed by atoms with van der Waals surface area (Å²) in [5, 5.41) is 19.4. The van der Waals surface area contributed by atoms with Crippen LogP contribution >= 0.6 is 0 Å². The number of carboxylic acids is 1. The summed E-state index contributed by atoms with van der Waals surface area (Å²) in [6, 6.07) is 0. The summed E-state index contributed by atoms with van der Waals surface area (Å²) in [6.45, 7) is -0.00236. The number of aliphatic hydroxyl groups excluding tert-OH is 1. The lowest BCUT2D eigenvalue weighted by molar-refractivity contribution is -0.874. The monoisotopic (exact) mass is 256 g/mol. The van der Waals surface area contributed by atoms with E-state index in [1.54, 1.807) is 21.1 Å². The van der Waals surface area contributed by atoms with Crippen molar-refractivity contribution in [2.45, 2.75) is 12.5 Å². The molecule has 0 radical (unpaired) electrons. The second-order valence-electron chi connectivity index (χ2n) is 5.50. The zero-order chi connectivity index (χ0) is 14.1. The van der Waals surface area contributed by atoms with E-state index in [-0.39, 0.29) is 17.4 Å². The maximum atomic E-state index is 11.9. The van der Waals surface area contributed by atoms with Crippen LogP contribution in [0.2, 0.25) is 0 Å². The van der Waals surface area contributed by atoms with Crippen molar-refractivity contribution in [3.05, 3.63) is 12.2 Å². The third kappa shape index (κ3) is 2.34. The molecule has 0 aromatic carbocycles. The Hall–Kier alpha value is -1.53. The first-order chi connectivity index (χ1) is 8.12. The molecule has 0 saturated carbocycles. The fourth-order valence-electron chi connectivity index (χ4n) is 2.08. The summed E-state index contributed by atoms with van der Waals surface area (Å²) in [4.78, 5) is 35.1. The number of Topliss-reactive ketones (excluding diaryl/α,β-unsaturated/α-hetero) is 1. The van der Waals surface area contributed by atoms with E-state index < -0.39 is 29.1 Å². The van der Waals surface area contributed by atoms with Crippen molar-refractivity contribution in [3.63, 3.8) is 0 Å². The Kier molecular flexibility index (Phi) is 3.73. The van der Waals surface area contributed by atoms with Gasteiger partial charge < -0.3 is 14.7 Å². The van der Waals surface area contributed by atoms with E-state index >= 15 is 0 Å². The number of carbonyl (C=O) groups is 3. The van der Waals surface area contributed by atoms with Gasteiger partial charge in [0.05, 0.1) is 21.1 Å². The van der Waals surface area contributed by atoms with E-state index in [0.717, 1.165) is 6.08 Å². The minimum absolute atomic E-state index is 0.00236. The molecule has 6 nitrogen and oxygen atoms in total. The highest BCUT2D eigenvalue weighted by Crippen LogP contribution is 2.32. The number of carboxylic acid groups (broad SMARTS) is 1. The van der Waals surface area contributed by atoms with Crippen LogP contribution in [0.1, 0.15) is 6.42 Å². The van der Waals surface area contributed by atoms with Crippen molar-refractivity contribution in [2.75, 3.05) is 27.7 Å². The first kappa shape index (κ1) is 14.5. The molecule has 0 saturated heterocycles. The smallest absolute Gasteiger partial charge is 0.328 e. The van der Waals surface area contributed by atoms with Crippen molar-refractivity contribution in [3.8, 4) is 0 Å². The van der Waals surface area contributed by atoms with Crippen LogP contribution in [-0.4, -0.2) is 66.0 Å². The highest BCUT2D eigenvalue weighted by molar-refractivity contribution is 6.27. The number of likely N-dealkylation sites (N-methyl/N-ethyl adjacent to an activating group) is 1. The molecule has 0 heterocycles. The first-order valence-corrected chi connectivity index (χ1v) is 5.58. The Morgan fingerprint density at radius 2 is 2.00 bits per heavy atom. The molecule has 0 spiro atoms. The molecular weight excluding hydrogens is 238 g/mol. The number of aliphatic hydroxyl groups is 1. The second-order valence-corrected chi connectivity index (χ2v) is 5.50. The maximum Gasteiger partial charge on any atom is 0.328 e. The zero-order valence-electron chi connectivity index (χ0n) is 10.7. The van der Waals surface area contributed by atoms with E-state index in [4.69, 9.17) is 0 Å². The fourth-order valence-corrected chi connectivity index (χ4v) is 2.08. The second kappa shape index (κ2) is 4.62. The standard InChI is InChI=1S/C12H17NO5/c1-13(2,3)7-10(16)12(11(17)18)8(14)5-4-6-9(12)15/h4-5,10,16H,6-7H2,1-3H3/p+1. The number of carbonyl (C=O) groups excluding carboxylic acids is 2. The van der Waals surface area contributed by atoms with Crippen molar-refractivity contribution in [1.29, 1.82) is 0 Å². The maximum absolute atomic E-state index is 11.9. The topological polar surface area (TPSA) is 91.7 Å². The molecule has 0 fully saturated rings. The largest absolute Gasteiger partial charge is 0.480 e. The Balaban J connectivity index is 3.23. The molecule has 0 aromatic heterocycles. The minimum Gasteiger partial charge on any atom is -0.480 e. The van der Waals surface area contributed by atoms with Gasteiger partial charge in [-0.25, -0.2) is 0 Å². The van der Waals surface area contributed by atoms with Crippen LogP contribution in [0.3, 0.4) is 0 Å². The van der Waals surface area contributed by atoms with Crippen LogP contribution in [0.4, 0.5) is 0 Å². The molecule has 1 rings (SSSR count). The molecule has 2 atom stereocenters. The van der Waals surface area contributed by atoms with Gasteiger partial charge in [0.25, 0.3) is 0 Å². The molecule has 0 bridgehead atoms. The Bertz CT molecular complexity index is 421. The van der Waals surface area contributed by atoms with Gasteiger partial charge in [0, 0.05) is 6.42 Å². The van der Waals surface area contributed by atoms with Crippen molar-refractivity contribution in [1.82, 2.24) is 0 Å². The van der Waals surface area contributed by atoms with Crippen LogP contribution in [-0.2, 0) is 14.4 Å². The summed E-state index contributed by atoms with van der Waals surface area (Å²) in [5.41, 5.74) is -2.35. The SMILES string of the molecule is C[N+](C)(C)CC(O)C1(C(=O)O)C(=O)C=CCC1=O. The molecule has 1 aliphatic carbocycles. The summed E-state index contributed by atoms with van der Waals surface area (Å²) in [7, 11) is 5.23. The van der Waals surface area contributed by atoms with Crippen molar-refractivity contribution >= 4 is 17.5 Å². The lowest BCUT2D eigenvalue weighted by atomic mass is 9.70. The van der Waals surface area contributed by atoms with Gasteiger partial charge in [-0.1, -0.05) is 6.08 Å². The van der Waals surface area contributed by atoms with Crippen LogP contribution in [0.25, 0.3) is 0 Å². The predicted molar refractivity (Wildman–Crippen MR) is 62.7 cm³/mol. The zero-order valence-corrected chi connectivity index (χ0v) is 10.7. The summed E-state index contributed by atoms with van der Waals surface area (Å²) >= 11 is 0. The molecule has 100 valence electrons. The van der Waals surface area contributed by atoms with Gasteiger partial charge >= 0.3 is 5.97 Å². The highest BCUT2D eigenvalue weighted by atomic mass is 16.4. The number of ketones is 2. The number of nitrogens with zero attached hydrogens (tertiary/aromatic N) is 1. The number of allylic oxidation sites excluding steroid dienone is 2. The highest BCUT2D eigenvalue weighted by Gasteiger charge is 2.59. The fraction of sp³-hybridized carbons (Fsp3) is 0.583. The number of hydrogen-bond acceptors (Lipinski definition) is 4. The third-order valence-corrected chi connectivity index (χ3v) is 2.96. The molecule has 2 N–H and O–H groups in total. The molecule has 1 aliphatic rings. The number of rotatable bonds is 4. The lowest BCUT2D eigenvalue weighted by Crippen LogP contribution is -2.60. The van der Waals surface area contributed by atoms with Gasteiger partial charge in [-0.3, -0.25) is 14.4 Å². The van der Waals surface area contributed by atoms with Crippen LogP contribution in [0, 0.1) is 5.41 Å². The molecule has 0 amide bonds. The van der Waals surface area contributed by atoms with Gasteiger partial charge in [-0.05, 0) is 6.08 Å². The molecule has 18 heavy (non-hydrogen) atoms. The lowest BCUT2D eigenvalue weighted by Gasteiger charge is -2.35. The van der Waals surface area contributed by atoms with E-state index in [1.165, 1.54) is 6.08 Å². The average Bonchev–Trinajstić information content (AvgIpc) is 2.13. The quantitative estimate of drug-likeness (QED) is 0.508. The van der Waals surface area contributed by atoms with Crippen LogP contribution < -0.4 is 0 Å². The Labute approximate surface area is 105 Å². The van der Waals surface area contributed by atoms with Crippen LogP contribution in [0.5, 0.6) is 0 Å². The first-order valence-electron chi connectivity index (χ1n) is 5.58. The molecule has 2 unspecified atom stereocenters. The molecule has 0 aromatic rings. The third-order valence-electron chi connectivity index (χ3n) is 2.96. The Morgan fingerprint density at radius 1 is 1.44 bits per heavy atom. The molecular formula is C12H18NO5+. The van der Waals surface area contributed by atoms with Gasteiger partial charge in [0.1, 0.15) is 12.6 Å². The number of quaternary nitrogens is 1. The van der Waals surface area contributed by atoms with Crippen LogP contribution in [0.15, 0.2) is 12.2 Å². The van der Waals surface area contributed by atoms with Crippen molar-refractivity contribution < 1.29 is 29.1 Å². The normalized spacial score (nSPS) is 26.2. The summed E-state index contributed by atoms with van der Waals surface area (Å²) in [6.07, 6.45) is 0.700.